The summed E-state index contributed by atoms with van der Waals surface area (Å²) in [4.78, 5) is 33.9. The van der Waals surface area contributed by atoms with Crippen LogP contribution in [0, 0.1) is 12.7 Å². The molecule has 1 aromatic heterocycles. The van der Waals surface area contributed by atoms with E-state index in [1.807, 2.05) is 13.8 Å². The second kappa shape index (κ2) is 12.3. The van der Waals surface area contributed by atoms with Crippen molar-refractivity contribution in [2.24, 2.45) is 0 Å². The van der Waals surface area contributed by atoms with E-state index in [1.165, 1.54) is 16.7 Å². The molecular formula is C27H40BrFN4O4S. The molecule has 212 valence electrons. The van der Waals surface area contributed by atoms with Gasteiger partial charge in [-0.15, -0.1) is 11.8 Å². The number of pyridine rings is 1. The van der Waals surface area contributed by atoms with Gasteiger partial charge in [0.15, 0.2) is 5.82 Å². The van der Waals surface area contributed by atoms with E-state index in [2.05, 4.69) is 20.9 Å². The minimum absolute atomic E-state index is 0.0941. The van der Waals surface area contributed by atoms with Gasteiger partial charge in [0.25, 0.3) is 0 Å². The van der Waals surface area contributed by atoms with Gasteiger partial charge in [-0.05, 0) is 88.7 Å². The fourth-order valence-electron chi connectivity index (χ4n) is 4.04. The average Bonchev–Trinajstić information content (AvgIpc) is 3.28. The largest absolute Gasteiger partial charge is 0.444 e. The second-order valence-corrected chi connectivity index (χ2v) is 12.4. The molecule has 0 saturated carbocycles. The van der Waals surface area contributed by atoms with Gasteiger partial charge in [-0.3, -0.25) is 4.90 Å². The summed E-state index contributed by atoms with van der Waals surface area (Å²) >= 11 is 4.55. The first-order chi connectivity index (χ1) is 17.5. The number of fused-ring (bicyclic) bond motifs is 1. The SMILES string of the molecule is CC.CSc1nc2c(F)c(Br)c(C)cc2c(N(C(=O)OC(C)(C)C)C2CCN(C(=O)OC(C)(C)C)C2)c1N. The van der Waals surface area contributed by atoms with Crippen molar-refractivity contribution >= 4 is 62.2 Å². The van der Waals surface area contributed by atoms with Gasteiger partial charge in [-0.2, -0.15) is 0 Å². The number of hydrogen-bond donors (Lipinski definition) is 1. The predicted molar refractivity (Wildman–Crippen MR) is 157 cm³/mol. The molecule has 1 unspecified atom stereocenters. The number of amides is 2. The summed E-state index contributed by atoms with van der Waals surface area (Å²) in [6, 6.07) is 1.28. The number of hydrogen-bond acceptors (Lipinski definition) is 7. The van der Waals surface area contributed by atoms with Crippen LogP contribution < -0.4 is 10.6 Å². The molecule has 2 aromatic rings. The van der Waals surface area contributed by atoms with Gasteiger partial charge in [0.05, 0.1) is 21.9 Å². The van der Waals surface area contributed by atoms with Gasteiger partial charge in [0, 0.05) is 18.5 Å². The molecule has 1 saturated heterocycles. The van der Waals surface area contributed by atoms with Crippen molar-refractivity contribution in [1.82, 2.24) is 9.88 Å². The molecule has 3 rings (SSSR count). The van der Waals surface area contributed by atoms with Crippen LogP contribution in [-0.2, 0) is 9.47 Å². The lowest BCUT2D eigenvalue weighted by Gasteiger charge is -2.33. The number of nitrogen functional groups attached to an aromatic ring is 1. The van der Waals surface area contributed by atoms with Crippen LogP contribution in [0.2, 0.25) is 0 Å². The third-order valence-electron chi connectivity index (χ3n) is 5.52. The number of benzene rings is 1. The van der Waals surface area contributed by atoms with Crippen LogP contribution in [0.5, 0.6) is 0 Å². The standard InChI is InChI=1S/C25H34BrFN4O4S.C2H6/c1-13-11-15-19(17(27)16(13)26)29-21(36-8)18(28)20(15)31(23(33)35-25(5,6)7)14-9-10-30(12-14)22(32)34-24(2,3)4;1-2/h11,14H,9-10,12,28H2,1-8H3;1-2H3. The summed E-state index contributed by atoms with van der Waals surface area (Å²) in [7, 11) is 0. The number of anilines is 2. The number of rotatable bonds is 3. The molecular weight excluding hydrogens is 575 g/mol. The van der Waals surface area contributed by atoms with Crippen LogP contribution in [0.25, 0.3) is 10.9 Å². The number of carbonyl (C=O) groups excluding carboxylic acids is 2. The predicted octanol–water partition coefficient (Wildman–Crippen LogP) is 7.53. The smallest absolute Gasteiger partial charge is 0.415 e. The first-order valence-corrected chi connectivity index (χ1v) is 14.7. The summed E-state index contributed by atoms with van der Waals surface area (Å²) < 4.78 is 27.0. The van der Waals surface area contributed by atoms with Crippen molar-refractivity contribution in [2.45, 2.75) is 91.0 Å². The van der Waals surface area contributed by atoms with Gasteiger partial charge in [-0.1, -0.05) is 13.8 Å². The fraction of sp³-hybridized carbons (Fsp3) is 0.593. The topological polar surface area (TPSA) is 98.0 Å². The van der Waals surface area contributed by atoms with Crippen LogP contribution in [-0.4, -0.2) is 58.7 Å². The number of likely N-dealkylation sites (tertiary alicyclic amines) is 1. The second-order valence-electron chi connectivity index (χ2n) is 10.8. The molecule has 8 nitrogen and oxygen atoms in total. The monoisotopic (exact) mass is 614 g/mol. The van der Waals surface area contributed by atoms with E-state index >= 15 is 4.39 Å². The lowest BCUT2D eigenvalue weighted by molar-refractivity contribution is 0.0287. The van der Waals surface area contributed by atoms with Gasteiger partial charge < -0.3 is 20.1 Å². The molecule has 0 radical (unpaired) electrons. The maximum absolute atomic E-state index is 15.4. The molecule has 1 aliphatic heterocycles. The Labute approximate surface area is 237 Å². The van der Waals surface area contributed by atoms with E-state index in [4.69, 9.17) is 15.2 Å². The molecule has 2 amide bonds. The van der Waals surface area contributed by atoms with E-state index in [1.54, 1.807) is 65.7 Å². The maximum Gasteiger partial charge on any atom is 0.415 e. The van der Waals surface area contributed by atoms with Crippen molar-refractivity contribution in [3.05, 3.63) is 21.9 Å². The average molecular weight is 616 g/mol. The third kappa shape index (κ3) is 7.22. The van der Waals surface area contributed by atoms with Crippen molar-refractivity contribution in [1.29, 1.82) is 0 Å². The number of aromatic nitrogens is 1. The lowest BCUT2D eigenvalue weighted by atomic mass is 10.1. The number of halogens is 2. The van der Waals surface area contributed by atoms with E-state index < -0.39 is 35.2 Å². The number of nitrogens with two attached hydrogens (primary N) is 1. The van der Waals surface area contributed by atoms with Gasteiger partial charge >= 0.3 is 12.2 Å². The van der Waals surface area contributed by atoms with E-state index in [0.717, 1.165) is 0 Å². The zero-order valence-electron chi connectivity index (χ0n) is 24.0. The van der Waals surface area contributed by atoms with E-state index in [-0.39, 0.29) is 17.7 Å². The van der Waals surface area contributed by atoms with Crippen molar-refractivity contribution in [3.63, 3.8) is 0 Å². The van der Waals surface area contributed by atoms with Gasteiger partial charge in [0.2, 0.25) is 0 Å². The highest BCUT2D eigenvalue weighted by Gasteiger charge is 2.39. The minimum Gasteiger partial charge on any atom is -0.444 e. The number of aryl methyl sites for hydroxylation is 1. The summed E-state index contributed by atoms with van der Waals surface area (Å²) in [6.07, 6.45) is 1.16. The Morgan fingerprint density at radius 2 is 1.76 bits per heavy atom. The molecule has 1 aliphatic rings. The number of thioether (sulfide) groups is 1. The summed E-state index contributed by atoms with van der Waals surface area (Å²) in [5.41, 5.74) is 6.43. The molecule has 0 aliphatic carbocycles. The van der Waals surface area contributed by atoms with Crippen LogP contribution in [0.4, 0.5) is 25.4 Å². The highest BCUT2D eigenvalue weighted by atomic mass is 79.9. The quantitative estimate of drug-likeness (QED) is 0.357. The Morgan fingerprint density at radius 1 is 1.18 bits per heavy atom. The van der Waals surface area contributed by atoms with Crippen molar-refractivity contribution in [2.75, 3.05) is 30.0 Å². The van der Waals surface area contributed by atoms with E-state index in [0.29, 0.717) is 39.1 Å². The lowest BCUT2D eigenvalue weighted by Crippen LogP contribution is -2.46. The Bertz CT molecular complexity index is 1200. The molecule has 0 spiro atoms. The molecule has 1 aromatic carbocycles. The first-order valence-electron chi connectivity index (χ1n) is 12.7. The Morgan fingerprint density at radius 3 is 2.29 bits per heavy atom. The summed E-state index contributed by atoms with van der Waals surface area (Å²) in [5.74, 6) is -0.535. The zero-order chi connectivity index (χ0) is 29.2. The van der Waals surface area contributed by atoms with Crippen LogP contribution >= 0.6 is 27.7 Å². The molecule has 38 heavy (non-hydrogen) atoms. The molecule has 1 fully saturated rings. The Hall–Kier alpha value is -2.27. The summed E-state index contributed by atoms with van der Waals surface area (Å²) in [6.45, 7) is 17.1. The molecule has 11 heteroatoms. The minimum atomic E-state index is -0.789. The van der Waals surface area contributed by atoms with Crippen molar-refractivity contribution in [3.8, 4) is 0 Å². The van der Waals surface area contributed by atoms with Crippen LogP contribution in [0.1, 0.15) is 67.4 Å². The number of carbonyl (C=O) groups is 2. The van der Waals surface area contributed by atoms with Gasteiger partial charge in [-0.25, -0.2) is 19.0 Å². The first kappa shape index (κ1) is 31.9. The fourth-order valence-corrected chi connectivity index (χ4v) is 4.84. The summed E-state index contributed by atoms with van der Waals surface area (Å²) in [5, 5.41) is 0.785. The highest BCUT2D eigenvalue weighted by Crippen LogP contribution is 2.43. The highest BCUT2D eigenvalue weighted by molar-refractivity contribution is 9.10. The van der Waals surface area contributed by atoms with Crippen molar-refractivity contribution < 1.29 is 23.5 Å². The van der Waals surface area contributed by atoms with E-state index in [9.17, 15) is 9.59 Å². The Kier molecular flexibility index (Phi) is 10.3. The molecule has 0 bridgehead atoms. The Balaban J connectivity index is 0.00000247. The molecule has 2 N–H and O–H groups in total. The van der Waals surface area contributed by atoms with Crippen LogP contribution in [0.3, 0.4) is 0 Å². The molecule has 1 atom stereocenters. The third-order valence-corrected chi connectivity index (χ3v) is 7.19. The normalized spacial score (nSPS) is 15.7. The van der Waals surface area contributed by atoms with Gasteiger partial charge in [0.1, 0.15) is 21.7 Å². The molecule has 2 heterocycles. The zero-order valence-corrected chi connectivity index (χ0v) is 26.4. The number of nitrogens with zero attached hydrogens (tertiary/aromatic N) is 3. The maximum atomic E-state index is 15.4. The number of ether oxygens (including phenoxy) is 2. The van der Waals surface area contributed by atoms with Crippen LogP contribution in [0.15, 0.2) is 15.6 Å².